The topological polar surface area (TPSA) is 71.1 Å². The molecule has 1 unspecified atom stereocenters. The van der Waals surface area contributed by atoms with Gasteiger partial charge in [0.2, 0.25) is 5.91 Å². The summed E-state index contributed by atoms with van der Waals surface area (Å²) in [6.07, 6.45) is 0.418. The molecule has 2 aromatic carbocycles. The van der Waals surface area contributed by atoms with Crippen LogP contribution in [-0.2, 0) is 17.8 Å². The Hall–Kier alpha value is -2.99. The quantitative estimate of drug-likeness (QED) is 0.663. The van der Waals surface area contributed by atoms with Gasteiger partial charge in [0.15, 0.2) is 0 Å². The highest BCUT2D eigenvalue weighted by molar-refractivity contribution is 7.07. The van der Waals surface area contributed by atoms with Crippen LogP contribution in [-0.4, -0.2) is 22.8 Å². The molecule has 1 atom stereocenters. The lowest BCUT2D eigenvalue weighted by molar-refractivity contribution is -0.123. The van der Waals surface area contributed by atoms with Gasteiger partial charge >= 0.3 is 0 Å². The van der Waals surface area contributed by atoms with Crippen LogP contribution in [0.4, 0.5) is 0 Å². The number of aromatic nitrogens is 1. The van der Waals surface area contributed by atoms with Crippen molar-refractivity contribution in [1.29, 1.82) is 0 Å². The van der Waals surface area contributed by atoms with Crippen molar-refractivity contribution in [2.24, 2.45) is 0 Å². The molecule has 0 bridgehead atoms. The molecule has 0 fully saturated rings. The monoisotopic (exact) mass is 379 g/mol. The van der Waals surface area contributed by atoms with Gasteiger partial charge in [0, 0.05) is 17.4 Å². The Labute approximate surface area is 162 Å². The molecule has 0 radical (unpaired) electrons. The first-order chi connectivity index (χ1) is 13.1. The van der Waals surface area contributed by atoms with Gasteiger partial charge in [0.05, 0.1) is 17.7 Å². The molecule has 138 valence electrons. The Morgan fingerprint density at radius 3 is 2.52 bits per heavy atom. The molecule has 0 aliphatic heterocycles. The molecule has 1 heterocycles. The summed E-state index contributed by atoms with van der Waals surface area (Å²) in [4.78, 5) is 29.6. The number of rotatable bonds is 7. The minimum absolute atomic E-state index is 0.228. The maximum atomic E-state index is 12.7. The second-order valence-electron chi connectivity index (χ2n) is 6.23. The molecule has 27 heavy (non-hydrogen) atoms. The van der Waals surface area contributed by atoms with Crippen LogP contribution in [0.15, 0.2) is 65.5 Å². The minimum atomic E-state index is -0.668. The van der Waals surface area contributed by atoms with Crippen molar-refractivity contribution in [3.8, 4) is 0 Å². The number of amides is 2. The van der Waals surface area contributed by atoms with Gasteiger partial charge in [0.25, 0.3) is 5.91 Å². The highest BCUT2D eigenvalue weighted by Crippen LogP contribution is 2.09. The maximum absolute atomic E-state index is 12.7. The number of thiazole rings is 1. The van der Waals surface area contributed by atoms with Gasteiger partial charge in [-0.3, -0.25) is 9.59 Å². The van der Waals surface area contributed by atoms with Gasteiger partial charge < -0.3 is 10.6 Å². The van der Waals surface area contributed by atoms with Gasteiger partial charge in [-0.2, -0.15) is 0 Å². The Balaban J connectivity index is 1.73. The second kappa shape index (κ2) is 9.09. The van der Waals surface area contributed by atoms with E-state index in [1.807, 2.05) is 60.8 Å². The fourth-order valence-corrected chi connectivity index (χ4v) is 3.31. The third kappa shape index (κ3) is 5.24. The van der Waals surface area contributed by atoms with Crippen molar-refractivity contribution in [2.45, 2.75) is 25.9 Å². The lowest BCUT2D eigenvalue weighted by Gasteiger charge is -2.19. The van der Waals surface area contributed by atoms with Gasteiger partial charge in [-0.05, 0) is 24.1 Å². The van der Waals surface area contributed by atoms with E-state index >= 15 is 0 Å². The van der Waals surface area contributed by atoms with Gasteiger partial charge in [-0.15, -0.1) is 11.3 Å². The van der Waals surface area contributed by atoms with E-state index in [2.05, 4.69) is 15.6 Å². The Morgan fingerprint density at radius 2 is 1.81 bits per heavy atom. The second-order valence-corrected chi connectivity index (χ2v) is 6.95. The van der Waals surface area contributed by atoms with Crippen LogP contribution in [0.5, 0.6) is 0 Å². The van der Waals surface area contributed by atoms with E-state index < -0.39 is 6.04 Å². The van der Waals surface area contributed by atoms with Crippen LogP contribution in [0.1, 0.15) is 27.2 Å². The minimum Gasteiger partial charge on any atom is -0.349 e. The van der Waals surface area contributed by atoms with Crippen LogP contribution in [0.2, 0.25) is 0 Å². The number of carbonyl (C=O) groups is 2. The number of hydrogen-bond acceptors (Lipinski definition) is 4. The van der Waals surface area contributed by atoms with E-state index in [0.29, 0.717) is 18.5 Å². The first-order valence-electron chi connectivity index (χ1n) is 8.68. The largest absolute Gasteiger partial charge is 0.349 e. The highest BCUT2D eigenvalue weighted by Gasteiger charge is 2.22. The zero-order valence-electron chi connectivity index (χ0n) is 15.0. The number of nitrogens with one attached hydrogen (secondary N) is 2. The fourth-order valence-electron chi connectivity index (χ4n) is 2.75. The average molecular weight is 379 g/mol. The third-order valence-electron chi connectivity index (χ3n) is 4.22. The van der Waals surface area contributed by atoms with Crippen molar-refractivity contribution < 1.29 is 9.59 Å². The van der Waals surface area contributed by atoms with Crippen molar-refractivity contribution in [2.75, 3.05) is 0 Å². The first kappa shape index (κ1) is 18.8. The van der Waals surface area contributed by atoms with E-state index in [1.165, 1.54) is 11.3 Å². The standard InChI is InChI=1S/C21H21N3O2S/c1-15-7-5-6-10-18(15)20(25)24-19(11-16-8-3-2-4-9-16)21(26)22-12-17-13-27-14-23-17/h2-10,13-14,19H,11-12H2,1H3,(H,22,26)(H,24,25). The molecule has 6 heteroatoms. The Morgan fingerprint density at radius 1 is 1.07 bits per heavy atom. The molecular weight excluding hydrogens is 358 g/mol. The predicted molar refractivity (Wildman–Crippen MR) is 107 cm³/mol. The Bertz CT molecular complexity index is 895. The van der Waals surface area contributed by atoms with Crippen molar-refractivity contribution in [3.05, 3.63) is 87.9 Å². The summed E-state index contributed by atoms with van der Waals surface area (Å²) in [7, 11) is 0. The maximum Gasteiger partial charge on any atom is 0.252 e. The molecule has 0 saturated heterocycles. The van der Waals surface area contributed by atoms with Crippen molar-refractivity contribution in [1.82, 2.24) is 15.6 Å². The van der Waals surface area contributed by atoms with E-state index in [9.17, 15) is 9.59 Å². The molecule has 1 aromatic heterocycles. The summed E-state index contributed by atoms with van der Waals surface area (Å²) in [5, 5.41) is 7.64. The molecule has 0 saturated carbocycles. The molecule has 0 spiro atoms. The fraction of sp³-hybridized carbons (Fsp3) is 0.190. The first-order valence-corrected chi connectivity index (χ1v) is 9.63. The number of hydrogen-bond donors (Lipinski definition) is 2. The molecule has 2 amide bonds. The zero-order valence-corrected chi connectivity index (χ0v) is 15.8. The lowest BCUT2D eigenvalue weighted by atomic mass is 10.0. The summed E-state index contributed by atoms with van der Waals surface area (Å²) in [6, 6.07) is 16.3. The summed E-state index contributed by atoms with van der Waals surface area (Å²) in [5.74, 6) is -0.480. The van der Waals surface area contributed by atoms with Crippen molar-refractivity contribution >= 4 is 23.2 Å². The molecular formula is C21H21N3O2S. The lowest BCUT2D eigenvalue weighted by Crippen LogP contribution is -2.48. The molecule has 5 nitrogen and oxygen atoms in total. The number of carbonyl (C=O) groups excluding carboxylic acids is 2. The number of nitrogens with zero attached hydrogens (tertiary/aromatic N) is 1. The average Bonchev–Trinajstić information content (AvgIpc) is 3.20. The van der Waals surface area contributed by atoms with E-state index in [0.717, 1.165) is 16.8 Å². The molecule has 3 rings (SSSR count). The summed E-state index contributed by atoms with van der Waals surface area (Å²) in [6.45, 7) is 2.22. The highest BCUT2D eigenvalue weighted by atomic mass is 32.1. The molecule has 0 aliphatic carbocycles. The van der Waals surface area contributed by atoms with Crippen LogP contribution >= 0.6 is 11.3 Å². The molecule has 0 aliphatic rings. The van der Waals surface area contributed by atoms with E-state index in [1.54, 1.807) is 11.6 Å². The van der Waals surface area contributed by atoms with Crippen LogP contribution in [0, 0.1) is 6.92 Å². The van der Waals surface area contributed by atoms with E-state index in [-0.39, 0.29) is 11.8 Å². The summed E-state index contributed by atoms with van der Waals surface area (Å²) in [5.41, 5.74) is 4.95. The third-order valence-corrected chi connectivity index (χ3v) is 4.86. The van der Waals surface area contributed by atoms with Crippen LogP contribution in [0.25, 0.3) is 0 Å². The van der Waals surface area contributed by atoms with Crippen LogP contribution < -0.4 is 10.6 Å². The van der Waals surface area contributed by atoms with Crippen LogP contribution in [0.3, 0.4) is 0 Å². The molecule has 2 N–H and O–H groups in total. The number of benzene rings is 2. The van der Waals surface area contributed by atoms with Gasteiger partial charge in [-0.25, -0.2) is 4.98 Å². The smallest absolute Gasteiger partial charge is 0.252 e. The Kier molecular flexibility index (Phi) is 6.33. The molecule has 3 aromatic rings. The normalized spacial score (nSPS) is 11.6. The van der Waals surface area contributed by atoms with Crippen molar-refractivity contribution in [3.63, 3.8) is 0 Å². The van der Waals surface area contributed by atoms with Gasteiger partial charge in [-0.1, -0.05) is 48.5 Å². The summed E-state index contributed by atoms with van der Waals surface area (Å²) < 4.78 is 0. The van der Waals surface area contributed by atoms with Gasteiger partial charge in [0.1, 0.15) is 6.04 Å². The predicted octanol–water partition coefficient (Wildman–Crippen LogP) is 3.11. The SMILES string of the molecule is Cc1ccccc1C(=O)NC(Cc1ccccc1)C(=O)NCc1cscn1. The summed E-state index contributed by atoms with van der Waals surface area (Å²) >= 11 is 1.48. The van der Waals surface area contributed by atoms with E-state index in [4.69, 9.17) is 0 Å². The zero-order chi connectivity index (χ0) is 19.1. The number of aryl methyl sites for hydroxylation is 1.